The molecule has 162 valence electrons. The van der Waals surface area contributed by atoms with Crippen LogP contribution in [0.1, 0.15) is 28.8 Å². The van der Waals surface area contributed by atoms with Gasteiger partial charge in [-0.3, -0.25) is 14.2 Å². The van der Waals surface area contributed by atoms with Crippen molar-refractivity contribution in [2.24, 2.45) is 0 Å². The van der Waals surface area contributed by atoms with Crippen LogP contribution in [0, 0.1) is 13.8 Å². The maximum Gasteiger partial charge on any atom is 0.283 e. The number of aromatic nitrogens is 3. The number of aryl methyl sites for hydroxylation is 4. The lowest BCUT2D eigenvalue weighted by Crippen LogP contribution is -2.23. The van der Waals surface area contributed by atoms with Gasteiger partial charge in [0, 0.05) is 11.4 Å². The van der Waals surface area contributed by atoms with E-state index in [9.17, 15) is 9.59 Å². The van der Waals surface area contributed by atoms with Crippen molar-refractivity contribution < 1.29 is 4.79 Å². The van der Waals surface area contributed by atoms with E-state index in [1.165, 1.54) is 29.3 Å². The Morgan fingerprint density at radius 2 is 1.88 bits per heavy atom. The molecule has 0 radical (unpaired) electrons. The predicted octanol–water partition coefficient (Wildman–Crippen LogP) is 4.55. The van der Waals surface area contributed by atoms with E-state index in [1.54, 1.807) is 4.57 Å². The number of fused-ring (bicyclic) bond motifs is 2. The van der Waals surface area contributed by atoms with Gasteiger partial charge in [0.2, 0.25) is 5.91 Å². The lowest BCUT2D eigenvalue weighted by atomic mass is 10.1. The van der Waals surface area contributed by atoms with Crippen LogP contribution in [0.25, 0.3) is 16.7 Å². The van der Waals surface area contributed by atoms with E-state index >= 15 is 0 Å². The quantitative estimate of drug-likeness (QED) is 0.350. The number of rotatable bonds is 5. The summed E-state index contributed by atoms with van der Waals surface area (Å²) in [4.78, 5) is 33.8. The minimum absolute atomic E-state index is 0.122. The second-order valence-electron chi connectivity index (χ2n) is 8.26. The average Bonchev–Trinajstić information content (AvgIpc) is 3.39. The van der Waals surface area contributed by atoms with Crippen LogP contribution in [0.3, 0.4) is 0 Å². The maximum absolute atomic E-state index is 13.3. The molecule has 32 heavy (non-hydrogen) atoms. The number of carbonyl (C=O) groups excluding carboxylic acids is 1. The minimum atomic E-state index is -0.173. The zero-order valence-electron chi connectivity index (χ0n) is 18.1. The van der Waals surface area contributed by atoms with Gasteiger partial charge in [-0.25, -0.2) is 4.98 Å². The van der Waals surface area contributed by atoms with Gasteiger partial charge in [-0.15, -0.1) is 0 Å². The van der Waals surface area contributed by atoms with Crippen LogP contribution >= 0.6 is 11.8 Å². The lowest BCUT2D eigenvalue weighted by molar-refractivity contribution is -0.113. The molecule has 0 saturated carbocycles. The van der Waals surface area contributed by atoms with Gasteiger partial charge < -0.3 is 10.3 Å². The number of hydrogen-bond donors (Lipinski definition) is 2. The van der Waals surface area contributed by atoms with E-state index in [0.29, 0.717) is 16.2 Å². The number of carbonyl (C=O) groups is 1. The first-order valence-electron chi connectivity index (χ1n) is 10.7. The molecule has 5 rings (SSSR count). The normalized spacial score (nSPS) is 12.8. The van der Waals surface area contributed by atoms with Crippen molar-refractivity contribution >= 4 is 34.4 Å². The number of benzene rings is 2. The molecule has 0 unspecified atom stereocenters. The van der Waals surface area contributed by atoms with Crippen molar-refractivity contribution in [3.63, 3.8) is 0 Å². The predicted molar refractivity (Wildman–Crippen MR) is 129 cm³/mol. The lowest BCUT2D eigenvalue weighted by Gasteiger charge is -2.12. The molecule has 4 aromatic rings. The number of nitrogens with zero attached hydrogens (tertiary/aromatic N) is 2. The second kappa shape index (κ2) is 8.31. The molecule has 2 heterocycles. The van der Waals surface area contributed by atoms with E-state index in [1.807, 2.05) is 50.2 Å². The highest BCUT2D eigenvalue weighted by molar-refractivity contribution is 7.99. The Hall–Kier alpha value is -3.32. The molecule has 0 aliphatic heterocycles. The fourth-order valence-corrected chi connectivity index (χ4v) is 4.99. The second-order valence-corrected chi connectivity index (χ2v) is 9.20. The smallest absolute Gasteiger partial charge is 0.283 e. The summed E-state index contributed by atoms with van der Waals surface area (Å²) in [6, 6.07) is 15.7. The van der Waals surface area contributed by atoms with E-state index in [-0.39, 0.29) is 17.2 Å². The van der Waals surface area contributed by atoms with Crippen molar-refractivity contribution in [2.45, 2.75) is 38.3 Å². The molecule has 0 fully saturated rings. The van der Waals surface area contributed by atoms with Crippen molar-refractivity contribution in [1.29, 1.82) is 0 Å². The molecule has 1 amide bonds. The van der Waals surface area contributed by atoms with Gasteiger partial charge in [-0.1, -0.05) is 35.5 Å². The minimum Gasteiger partial charge on any atom is -0.353 e. The van der Waals surface area contributed by atoms with Gasteiger partial charge in [0.25, 0.3) is 5.56 Å². The first kappa shape index (κ1) is 20.6. The summed E-state index contributed by atoms with van der Waals surface area (Å²) in [7, 11) is 0. The van der Waals surface area contributed by atoms with Crippen molar-refractivity contribution in [3.8, 4) is 5.69 Å². The van der Waals surface area contributed by atoms with Gasteiger partial charge in [0.1, 0.15) is 5.52 Å². The highest BCUT2D eigenvalue weighted by Gasteiger charge is 2.17. The van der Waals surface area contributed by atoms with Crippen LogP contribution in [0.4, 0.5) is 5.69 Å². The van der Waals surface area contributed by atoms with E-state index < -0.39 is 0 Å². The molecule has 6 nitrogen and oxygen atoms in total. The molecule has 1 aliphatic carbocycles. The number of amides is 1. The maximum atomic E-state index is 13.3. The van der Waals surface area contributed by atoms with Gasteiger partial charge >= 0.3 is 0 Å². The van der Waals surface area contributed by atoms with Crippen LogP contribution in [0.15, 0.2) is 58.5 Å². The summed E-state index contributed by atoms with van der Waals surface area (Å²) in [5.41, 5.74) is 7.12. The SMILES string of the molecule is Cc1ccc(-n2c(SCC(=O)Nc3ccc4c(c3)CCC4)nc3cc(C)[nH]c3c2=O)cc1. The summed E-state index contributed by atoms with van der Waals surface area (Å²) in [5, 5.41) is 3.48. The van der Waals surface area contributed by atoms with Crippen molar-refractivity contribution in [1.82, 2.24) is 14.5 Å². The molecule has 0 bridgehead atoms. The summed E-state index contributed by atoms with van der Waals surface area (Å²) in [6.45, 7) is 3.90. The fraction of sp³-hybridized carbons (Fsp3) is 0.240. The number of nitrogens with one attached hydrogen (secondary N) is 2. The molecule has 2 N–H and O–H groups in total. The number of aromatic amines is 1. The Labute approximate surface area is 190 Å². The Bertz CT molecular complexity index is 1390. The van der Waals surface area contributed by atoms with Crippen LogP contribution in [-0.4, -0.2) is 26.2 Å². The average molecular weight is 445 g/mol. The molecular weight excluding hydrogens is 420 g/mol. The zero-order valence-corrected chi connectivity index (χ0v) is 18.9. The Morgan fingerprint density at radius 3 is 2.69 bits per heavy atom. The summed E-state index contributed by atoms with van der Waals surface area (Å²) >= 11 is 1.26. The van der Waals surface area contributed by atoms with Gasteiger partial charge in [0.05, 0.1) is 17.0 Å². The number of anilines is 1. The molecule has 1 aliphatic rings. The molecular formula is C25H24N4O2S. The fourth-order valence-electron chi connectivity index (χ4n) is 4.17. The standard InChI is InChI=1S/C25H24N4O2S/c1-15-6-10-20(11-7-15)29-24(31)23-21(12-16(2)26-23)28-25(29)32-14-22(30)27-19-9-8-17-4-3-5-18(17)13-19/h6-13,26H,3-5,14H2,1-2H3,(H,27,30). The zero-order chi connectivity index (χ0) is 22.2. The molecule has 2 aromatic heterocycles. The van der Waals surface area contributed by atoms with Crippen LogP contribution in [-0.2, 0) is 17.6 Å². The molecule has 2 aromatic carbocycles. The monoisotopic (exact) mass is 444 g/mol. The van der Waals surface area contributed by atoms with Gasteiger partial charge in [-0.05, 0) is 74.6 Å². The van der Waals surface area contributed by atoms with Crippen LogP contribution < -0.4 is 10.9 Å². The molecule has 0 atom stereocenters. The summed E-state index contributed by atoms with van der Waals surface area (Å²) in [5.74, 6) is 0.0348. The molecule has 0 saturated heterocycles. The summed E-state index contributed by atoms with van der Waals surface area (Å²) in [6.07, 6.45) is 3.35. The largest absolute Gasteiger partial charge is 0.353 e. The van der Waals surface area contributed by atoms with Crippen molar-refractivity contribution in [3.05, 3.63) is 81.3 Å². The van der Waals surface area contributed by atoms with E-state index in [0.717, 1.165) is 35.5 Å². The Kier molecular flexibility index (Phi) is 5.35. The third-order valence-corrected chi connectivity index (χ3v) is 6.70. The van der Waals surface area contributed by atoms with Gasteiger partial charge in [-0.2, -0.15) is 0 Å². The van der Waals surface area contributed by atoms with Crippen LogP contribution in [0.5, 0.6) is 0 Å². The Morgan fingerprint density at radius 1 is 1.09 bits per heavy atom. The Balaban J connectivity index is 1.42. The molecule has 7 heteroatoms. The molecule has 0 spiro atoms. The van der Waals surface area contributed by atoms with E-state index in [4.69, 9.17) is 4.98 Å². The number of H-pyrrole nitrogens is 1. The summed E-state index contributed by atoms with van der Waals surface area (Å²) < 4.78 is 1.57. The van der Waals surface area contributed by atoms with Crippen LogP contribution in [0.2, 0.25) is 0 Å². The number of hydrogen-bond acceptors (Lipinski definition) is 4. The third kappa shape index (κ3) is 3.96. The van der Waals surface area contributed by atoms with Crippen molar-refractivity contribution in [2.75, 3.05) is 11.1 Å². The highest BCUT2D eigenvalue weighted by atomic mass is 32.2. The van der Waals surface area contributed by atoms with Gasteiger partial charge in [0.15, 0.2) is 5.16 Å². The first-order valence-corrected chi connectivity index (χ1v) is 11.7. The highest BCUT2D eigenvalue weighted by Crippen LogP contribution is 2.26. The topological polar surface area (TPSA) is 79.8 Å². The number of thioether (sulfide) groups is 1. The first-order chi connectivity index (χ1) is 15.5. The van der Waals surface area contributed by atoms with E-state index in [2.05, 4.69) is 22.4 Å². The third-order valence-electron chi connectivity index (χ3n) is 5.76.